The summed E-state index contributed by atoms with van der Waals surface area (Å²) in [6.07, 6.45) is 2.04. The minimum atomic E-state index is -3.44. The molecular weight excluding hydrogens is 282 g/mol. The standard InChI is InChI=1S/C17H21NO2S/c1-13-7-6-12-18(14(13)2)21(19,20)17-11-5-9-15-8-3-4-10-16(15)17/h3-5,8-11,13-14H,6-7,12H2,1-2H3. The number of hydrogen-bond acceptors (Lipinski definition) is 2. The second-order valence-corrected chi connectivity index (χ2v) is 7.81. The fraction of sp³-hybridized carbons (Fsp3) is 0.412. The summed E-state index contributed by atoms with van der Waals surface area (Å²) in [7, 11) is -3.44. The van der Waals surface area contributed by atoms with Crippen molar-refractivity contribution in [1.29, 1.82) is 0 Å². The van der Waals surface area contributed by atoms with Crippen LogP contribution in [0.2, 0.25) is 0 Å². The van der Waals surface area contributed by atoms with Crippen LogP contribution in [0.4, 0.5) is 0 Å². The quantitative estimate of drug-likeness (QED) is 0.849. The molecule has 0 aromatic heterocycles. The first-order valence-electron chi connectivity index (χ1n) is 7.51. The van der Waals surface area contributed by atoms with Gasteiger partial charge < -0.3 is 0 Å². The van der Waals surface area contributed by atoms with Gasteiger partial charge in [0.2, 0.25) is 10.0 Å². The van der Waals surface area contributed by atoms with Crippen molar-refractivity contribution in [1.82, 2.24) is 4.31 Å². The van der Waals surface area contributed by atoms with Gasteiger partial charge in [-0.25, -0.2) is 8.42 Å². The summed E-state index contributed by atoms with van der Waals surface area (Å²) in [5.74, 6) is 0.406. The van der Waals surface area contributed by atoms with Gasteiger partial charge in [-0.2, -0.15) is 4.31 Å². The van der Waals surface area contributed by atoms with Crippen molar-refractivity contribution in [3.8, 4) is 0 Å². The second kappa shape index (κ2) is 5.43. The van der Waals surface area contributed by atoms with Crippen molar-refractivity contribution in [2.24, 2.45) is 5.92 Å². The normalized spacial score (nSPS) is 24.3. The SMILES string of the molecule is CC1CCCN(S(=O)(=O)c2cccc3ccccc23)C1C. The number of piperidine rings is 1. The van der Waals surface area contributed by atoms with Crippen molar-refractivity contribution < 1.29 is 8.42 Å². The first kappa shape index (κ1) is 14.5. The van der Waals surface area contributed by atoms with E-state index in [-0.39, 0.29) is 6.04 Å². The minimum Gasteiger partial charge on any atom is -0.207 e. The number of hydrogen-bond donors (Lipinski definition) is 0. The molecule has 0 N–H and O–H groups in total. The molecule has 2 aromatic rings. The third-order valence-electron chi connectivity index (χ3n) is 4.65. The second-order valence-electron chi connectivity index (χ2n) is 5.95. The first-order valence-corrected chi connectivity index (χ1v) is 8.95. The Morgan fingerprint density at radius 2 is 1.76 bits per heavy atom. The van der Waals surface area contributed by atoms with Crippen LogP contribution in [0.3, 0.4) is 0 Å². The molecular formula is C17H21NO2S. The predicted octanol–water partition coefficient (Wildman–Crippen LogP) is 3.65. The smallest absolute Gasteiger partial charge is 0.207 e. The number of benzene rings is 2. The summed E-state index contributed by atoms with van der Waals surface area (Å²) < 4.78 is 27.8. The largest absolute Gasteiger partial charge is 0.243 e. The Morgan fingerprint density at radius 3 is 2.57 bits per heavy atom. The molecule has 3 rings (SSSR count). The van der Waals surface area contributed by atoms with Crippen molar-refractivity contribution in [3.63, 3.8) is 0 Å². The fourth-order valence-electron chi connectivity index (χ4n) is 3.18. The van der Waals surface area contributed by atoms with Crippen molar-refractivity contribution in [3.05, 3.63) is 42.5 Å². The van der Waals surface area contributed by atoms with Crippen LogP contribution in [-0.2, 0) is 10.0 Å². The molecule has 0 bridgehead atoms. The Labute approximate surface area is 126 Å². The summed E-state index contributed by atoms with van der Waals surface area (Å²) in [6.45, 7) is 4.78. The van der Waals surface area contributed by atoms with Gasteiger partial charge >= 0.3 is 0 Å². The molecule has 2 unspecified atom stereocenters. The maximum absolute atomic E-state index is 13.1. The van der Waals surface area contributed by atoms with Crippen LogP contribution < -0.4 is 0 Å². The van der Waals surface area contributed by atoms with Crippen LogP contribution in [0, 0.1) is 5.92 Å². The van der Waals surface area contributed by atoms with E-state index in [0.29, 0.717) is 17.4 Å². The molecule has 0 aliphatic carbocycles. The van der Waals surface area contributed by atoms with Gasteiger partial charge in [-0.05, 0) is 37.1 Å². The van der Waals surface area contributed by atoms with Gasteiger partial charge in [0.1, 0.15) is 0 Å². The highest BCUT2D eigenvalue weighted by Crippen LogP contribution is 2.31. The Bertz CT molecular complexity index is 749. The number of sulfonamides is 1. The molecule has 0 spiro atoms. The summed E-state index contributed by atoms with van der Waals surface area (Å²) in [6, 6.07) is 13.2. The van der Waals surface area contributed by atoms with Crippen molar-refractivity contribution in [2.75, 3.05) is 6.54 Å². The van der Waals surface area contributed by atoms with Crippen LogP contribution >= 0.6 is 0 Å². The van der Waals surface area contributed by atoms with Crippen LogP contribution in [0.15, 0.2) is 47.4 Å². The Kier molecular flexibility index (Phi) is 3.76. The molecule has 21 heavy (non-hydrogen) atoms. The molecule has 2 atom stereocenters. The molecule has 1 fully saturated rings. The Morgan fingerprint density at radius 1 is 1.05 bits per heavy atom. The van der Waals surface area contributed by atoms with Crippen LogP contribution in [0.5, 0.6) is 0 Å². The Hall–Kier alpha value is -1.39. The lowest BCUT2D eigenvalue weighted by molar-refractivity contribution is 0.202. The van der Waals surface area contributed by atoms with Crippen molar-refractivity contribution >= 4 is 20.8 Å². The number of fused-ring (bicyclic) bond motifs is 1. The maximum Gasteiger partial charge on any atom is 0.243 e. The van der Waals surface area contributed by atoms with E-state index in [0.717, 1.165) is 23.6 Å². The maximum atomic E-state index is 13.1. The summed E-state index contributed by atoms with van der Waals surface area (Å²) >= 11 is 0. The zero-order chi connectivity index (χ0) is 15.0. The third kappa shape index (κ3) is 2.47. The monoisotopic (exact) mass is 303 g/mol. The topological polar surface area (TPSA) is 37.4 Å². The van der Waals surface area contributed by atoms with E-state index < -0.39 is 10.0 Å². The van der Waals surface area contributed by atoms with Crippen LogP contribution in [-0.4, -0.2) is 25.3 Å². The number of nitrogens with zero attached hydrogens (tertiary/aromatic N) is 1. The highest BCUT2D eigenvalue weighted by molar-refractivity contribution is 7.89. The van der Waals surface area contributed by atoms with Gasteiger partial charge in [0.25, 0.3) is 0 Å². The molecule has 1 aliphatic heterocycles. The number of rotatable bonds is 2. The van der Waals surface area contributed by atoms with E-state index in [4.69, 9.17) is 0 Å². The Balaban J connectivity index is 2.12. The van der Waals surface area contributed by atoms with Crippen LogP contribution in [0.25, 0.3) is 10.8 Å². The van der Waals surface area contributed by atoms with E-state index >= 15 is 0 Å². The molecule has 1 saturated heterocycles. The lowest BCUT2D eigenvalue weighted by atomic mass is 9.94. The molecule has 4 heteroatoms. The van der Waals surface area contributed by atoms with Gasteiger partial charge in [-0.1, -0.05) is 43.3 Å². The average Bonchev–Trinajstić information content (AvgIpc) is 2.49. The summed E-state index contributed by atoms with van der Waals surface area (Å²) in [5, 5.41) is 1.78. The lowest BCUT2D eigenvalue weighted by Gasteiger charge is -2.37. The van der Waals surface area contributed by atoms with Gasteiger partial charge in [-0.3, -0.25) is 0 Å². The molecule has 112 valence electrons. The summed E-state index contributed by atoms with van der Waals surface area (Å²) in [5.41, 5.74) is 0. The van der Waals surface area contributed by atoms with Gasteiger partial charge in [0.05, 0.1) is 4.90 Å². The van der Waals surface area contributed by atoms with E-state index in [1.54, 1.807) is 10.4 Å². The van der Waals surface area contributed by atoms with Crippen LogP contribution in [0.1, 0.15) is 26.7 Å². The molecule has 1 aliphatic rings. The zero-order valence-corrected chi connectivity index (χ0v) is 13.3. The fourth-order valence-corrected chi connectivity index (χ4v) is 5.17. The van der Waals surface area contributed by atoms with E-state index in [2.05, 4.69) is 6.92 Å². The van der Waals surface area contributed by atoms with E-state index in [1.165, 1.54) is 0 Å². The lowest BCUT2D eigenvalue weighted by Crippen LogP contribution is -2.45. The van der Waals surface area contributed by atoms with Crippen molar-refractivity contribution in [2.45, 2.75) is 37.6 Å². The molecule has 0 amide bonds. The summed E-state index contributed by atoms with van der Waals surface area (Å²) in [4.78, 5) is 0.432. The van der Waals surface area contributed by atoms with Gasteiger partial charge in [0.15, 0.2) is 0 Å². The van der Waals surface area contributed by atoms with E-state index in [9.17, 15) is 8.42 Å². The molecule has 2 aromatic carbocycles. The molecule has 3 nitrogen and oxygen atoms in total. The van der Waals surface area contributed by atoms with Gasteiger partial charge in [0, 0.05) is 18.0 Å². The first-order chi connectivity index (χ1) is 10.0. The zero-order valence-electron chi connectivity index (χ0n) is 12.5. The third-order valence-corrected chi connectivity index (χ3v) is 6.70. The molecule has 1 heterocycles. The van der Waals surface area contributed by atoms with Gasteiger partial charge in [-0.15, -0.1) is 0 Å². The average molecular weight is 303 g/mol. The highest BCUT2D eigenvalue weighted by atomic mass is 32.2. The highest BCUT2D eigenvalue weighted by Gasteiger charge is 2.35. The molecule has 0 saturated carbocycles. The predicted molar refractivity (Wildman–Crippen MR) is 85.7 cm³/mol. The van der Waals surface area contributed by atoms with E-state index in [1.807, 2.05) is 43.3 Å². The minimum absolute atomic E-state index is 0.0581. The molecule has 0 radical (unpaired) electrons.